The van der Waals surface area contributed by atoms with E-state index in [0.29, 0.717) is 30.0 Å². The Labute approximate surface area is 156 Å². The molecule has 0 saturated heterocycles. The van der Waals surface area contributed by atoms with Gasteiger partial charge in [-0.1, -0.05) is 0 Å². The molecule has 1 aromatic carbocycles. The molecule has 8 nitrogen and oxygen atoms in total. The number of anilines is 2. The molecule has 2 aromatic heterocycles. The van der Waals surface area contributed by atoms with Crippen LogP contribution < -0.4 is 15.8 Å². The highest BCUT2D eigenvalue weighted by Crippen LogP contribution is 2.26. The lowest BCUT2D eigenvalue weighted by Gasteiger charge is -2.13. The molecular formula is C19H21N5O3. The first-order valence-electron chi connectivity index (χ1n) is 8.42. The minimum absolute atomic E-state index is 0.0150. The van der Waals surface area contributed by atoms with Crippen LogP contribution in [0.2, 0.25) is 0 Å². The lowest BCUT2D eigenvalue weighted by atomic mass is 10.2. The van der Waals surface area contributed by atoms with E-state index in [0.717, 1.165) is 11.2 Å². The summed E-state index contributed by atoms with van der Waals surface area (Å²) in [7, 11) is 3.43. The number of nitrogens with two attached hydrogens (primary N) is 1. The zero-order valence-electron chi connectivity index (χ0n) is 15.2. The summed E-state index contributed by atoms with van der Waals surface area (Å²) < 4.78 is 7.25. The molecule has 3 aromatic rings. The van der Waals surface area contributed by atoms with Crippen molar-refractivity contribution < 1.29 is 14.3 Å². The van der Waals surface area contributed by atoms with Gasteiger partial charge < -0.3 is 20.7 Å². The Morgan fingerprint density at radius 2 is 1.96 bits per heavy atom. The zero-order chi connectivity index (χ0) is 19.4. The summed E-state index contributed by atoms with van der Waals surface area (Å²) in [6, 6.07) is 10.9. The van der Waals surface area contributed by atoms with Gasteiger partial charge in [-0.05, 0) is 36.4 Å². The van der Waals surface area contributed by atoms with E-state index in [4.69, 9.17) is 10.5 Å². The number of ether oxygens (including phenoxy) is 1. The standard InChI is InChI=1S/C19H21N5O3/c1-23(2)17(25)9-11-27-14-7-5-13(6-8-14)22-18-15(19(20)26)12-21-24-10-3-4-16(18)24/h3-8,10,12,22H,9,11H2,1-2H3,(H2,20,26). The summed E-state index contributed by atoms with van der Waals surface area (Å²) in [5.41, 5.74) is 7.88. The Bertz CT molecular complexity index is 963. The van der Waals surface area contributed by atoms with Crippen molar-refractivity contribution in [2.75, 3.05) is 26.0 Å². The first-order valence-corrected chi connectivity index (χ1v) is 8.42. The van der Waals surface area contributed by atoms with E-state index in [2.05, 4.69) is 10.4 Å². The van der Waals surface area contributed by atoms with E-state index in [-0.39, 0.29) is 5.91 Å². The highest BCUT2D eigenvalue weighted by Gasteiger charge is 2.13. The number of aromatic nitrogens is 2. The highest BCUT2D eigenvalue weighted by molar-refractivity contribution is 6.02. The second kappa shape index (κ2) is 7.77. The van der Waals surface area contributed by atoms with Gasteiger partial charge in [0.2, 0.25) is 5.91 Å². The maximum absolute atomic E-state index is 11.7. The fourth-order valence-corrected chi connectivity index (χ4v) is 2.57. The van der Waals surface area contributed by atoms with Gasteiger partial charge in [0.05, 0.1) is 36.0 Å². The number of hydrogen-bond acceptors (Lipinski definition) is 5. The fraction of sp³-hybridized carbons (Fsp3) is 0.211. The molecule has 0 spiro atoms. The predicted molar refractivity (Wildman–Crippen MR) is 102 cm³/mol. The van der Waals surface area contributed by atoms with Gasteiger partial charge in [0.25, 0.3) is 5.91 Å². The number of primary amides is 1. The molecule has 0 radical (unpaired) electrons. The van der Waals surface area contributed by atoms with Crippen molar-refractivity contribution in [2.24, 2.45) is 5.73 Å². The first-order chi connectivity index (χ1) is 13.0. The quantitative estimate of drug-likeness (QED) is 0.665. The number of nitrogens with zero attached hydrogens (tertiary/aromatic N) is 3. The normalized spacial score (nSPS) is 10.6. The zero-order valence-corrected chi connectivity index (χ0v) is 15.2. The average Bonchev–Trinajstić information content (AvgIpc) is 3.12. The summed E-state index contributed by atoms with van der Waals surface area (Å²) in [5, 5.41) is 7.39. The van der Waals surface area contributed by atoms with Crippen molar-refractivity contribution in [3.8, 4) is 5.75 Å². The molecule has 3 N–H and O–H groups in total. The van der Waals surface area contributed by atoms with Gasteiger partial charge in [0.15, 0.2) is 0 Å². The van der Waals surface area contributed by atoms with Crippen LogP contribution in [-0.4, -0.2) is 47.0 Å². The number of rotatable bonds is 7. The fourth-order valence-electron chi connectivity index (χ4n) is 2.57. The minimum atomic E-state index is -0.556. The van der Waals surface area contributed by atoms with E-state index >= 15 is 0 Å². The molecule has 140 valence electrons. The van der Waals surface area contributed by atoms with Crippen LogP contribution >= 0.6 is 0 Å². The van der Waals surface area contributed by atoms with Crippen molar-refractivity contribution in [2.45, 2.75) is 6.42 Å². The first kappa shape index (κ1) is 18.2. The second-order valence-electron chi connectivity index (χ2n) is 6.17. The maximum atomic E-state index is 11.7. The third-order valence-corrected chi connectivity index (χ3v) is 4.04. The summed E-state index contributed by atoms with van der Waals surface area (Å²) in [6.45, 7) is 0.310. The maximum Gasteiger partial charge on any atom is 0.252 e. The second-order valence-corrected chi connectivity index (χ2v) is 6.17. The Balaban J connectivity index is 1.73. The number of carbonyl (C=O) groups is 2. The Hall–Kier alpha value is -3.55. The summed E-state index contributed by atoms with van der Waals surface area (Å²) in [6.07, 6.45) is 3.55. The lowest BCUT2D eigenvalue weighted by molar-refractivity contribution is -0.129. The summed E-state index contributed by atoms with van der Waals surface area (Å²) in [4.78, 5) is 24.8. The van der Waals surface area contributed by atoms with Gasteiger partial charge in [0, 0.05) is 26.0 Å². The number of nitrogens with one attached hydrogen (secondary N) is 1. The number of benzene rings is 1. The monoisotopic (exact) mass is 367 g/mol. The molecule has 3 rings (SSSR count). The SMILES string of the molecule is CN(C)C(=O)CCOc1ccc(Nc2c(C(N)=O)cnn3cccc23)cc1. The van der Waals surface area contributed by atoms with E-state index in [1.807, 2.05) is 24.3 Å². The molecule has 0 aliphatic rings. The number of carbonyl (C=O) groups excluding carboxylic acids is 2. The predicted octanol–water partition coefficient (Wildman–Crippen LogP) is 2.03. The third kappa shape index (κ3) is 4.17. The van der Waals surface area contributed by atoms with Crippen molar-refractivity contribution >= 4 is 28.7 Å². The van der Waals surface area contributed by atoms with Crippen molar-refractivity contribution in [1.82, 2.24) is 14.5 Å². The molecular weight excluding hydrogens is 346 g/mol. The van der Waals surface area contributed by atoms with Crippen molar-refractivity contribution in [1.29, 1.82) is 0 Å². The van der Waals surface area contributed by atoms with Crippen LogP contribution in [0.15, 0.2) is 48.8 Å². The molecule has 0 saturated carbocycles. The summed E-state index contributed by atoms with van der Waals surface area (Å²) in [5.74, 6) is 0.116. The Kier molecular flexibility index (Phi) is 5.25. The van der Waals surface area contributed by atoms with Crippen LogP contribution in [0.5, 0.6) is 5.75 Å². The van der Waals surface area contributed by atoms with Gasteiger partial charge in [-0.15, -0.1) is 0 Å². The van der Waals surface area contributed by atoms with E-state index < -0.39 is 5.91 Å². The number of amides is 2. The topological polar surface area (TPSA) is 102 Å². The molecule has 0 bridgehead atoms. The summed E-state index contributed by atoms with van der Waals surface area (Å²) >= 11 is 0. The van der Waals surface area contributed by atoms with Crippen LogP contribution in [0.3, 0.4) is 0 Å². The largest absolute Gasteiger partial charge is 0.493 e. The smallest absolute Gasteiger partial charge is 0.252 e. The van der Waals surface area contributed by atoms with Gasteiger partial charge in [-0.3, -0.25) is 9.59 Å². The highest BCUT2D eigenvalue weighted by atomic mass is 16.5. The van der Waals surface area contributed by atoms with Gasteiger partial charge >= 0.3 is 0 Å². The van der Waals surface area contributed by atoms with Crippen molar-refractivity contribution in [3.63, 3.8) is 0 Å². The molecule has 0 aliphatic carbocycles. The van der Waals surface area contributed by atoms with E-state index in [1.54, 1.807) is 36.9 Å². The lowest BCUT2D eigenvalue weighted by Crippen LogP contribution is -2.23. The van der Waals surface area contributed by atoms with Crippen LogP contribution in [0.25, 0.3) is 5.52 Å². The average molecular weight is 367 g/mol. The molecule has 8 heteroatoms. The van der Waals surface area contributed by atoms with Gasteiger partial charge in [-0.25, -0.2) is 4.52 Å². The van der Waals surface area contributed by atoms with Crippen LogP contribution in [0, 0.1) is 0 Å². The number of hydrogen-bond donors (Lipinski definition) is 2. The van der Waals surface area contributed by atoms with E-state index in [1.165, 1.54) is 11.1 Å². The molecule has 2 heterocycles. The van der Waals surface area contributed by atoms with Crippen molar-refractivity contribution in [3.05, 3.63) is 54.4 Å². The molecule has 0 fully saturated rings. The number of fused-ring (bicyclic) bond motifs is 1. The Morgan fingerprint density at radius 3 is 2.63 bits per heavy atom. The van der Waals surface area contributed by atoms with Gasteiger partial charge in [-0.2, -0.15) is 5.10 Å². The molecule has 0 aliphatic heterocycles. The van der Waals surface area contributed by atoms with Gasteiger partial charge in [0.1, 0.15) is 5.75 Å². The molecule has 0 unspecified atom stereocenters. The molecule has 27 heavy (non-hydrogen) atoms. The van der Waals surface area contributed by atoms with E-state index in [9.17, 15) is 9.59 Å². The minimum Gasteiger partial charge on any atom is -0.493 e. The van der Waals surface area contributed by atoms with Crippen LogP contribution in [0.4, 0.5) is 11.4 Å². The molecule has 2 amide bonds. The Morgan fingerprint density at radius 1 is 1.22 bits per heavy atom. The van der Waals surface area contributed by atoms with Crippen LogP contribution in [-0.2, 0) is 4.79 Å². The molecule has 0 atom stereocenters. The third-order valence-electron chi connectivity index (χ3n) is 4.04. The van der Waals surface area contributed by atoms with Crippen LogP contribution in [0.1, 0.15) is 16.8 Å².